The summed E-state index contributed by atoms with van der Waals surface area (Å²) >= 11 is 0. The minimum absolute atomic E-state index is 0.0518. The second kappa shape index (κ2) is 7.54. The first-order valence-corrected chi connectivity index (χ1v) is 5.60. The van der Waals surface area contributed by atoms with Gasteiger partial charge in [0.2, 0.25) is 0 Å². The fraction of sp³-hybridized carbons (Fsp3) is 0.700. The van der Waals surface area contributed by atoms with Crippen LogP contribution in [-0.2, 0) is 23.9 Å². The SMILES string of the molecule is COC(=O)CC1CN(C(=O)NOCC(=O)O)CCO1. The molecule has 0 aromatic rings. The van der Waals surface area contributed by atoms with Crippen molar-refractivity contribution >= 4 is 18.0 Å². The molecule has 1 fully saturated rings. The molecule has 0 spiro atoms. The average Bonchev–Trinajstić information content (AvgIpc) is 2.38. The van der Waals surface area contributed by atoms with Crippen molar-refractivity contribution in [3.05, 3.63) is 0 Å². The third kappa shape index (κ3) is 5.53. The summed E-state index contributed by atoms with van der Waals surface area (Å²) in [5.74, 6) is -1.61. The molecule has 2 N–H and O–H groups in total. The molecule has 1 unspecified atom stereocenters. The number of hydrogen-bond acceptors (Lipinski definition) is 6. The van der Waals surface area contributed by atoms with Gasteiger partial charge < -0.3 is 19.5 Å². The number of morpholine rings is 1. The number of hydroxylamine groups is 1. The lowest BCUT2D eigenvalue weighted by Gasteiger charge is -2.32. The summed E-state index contributed by atoms with van der Waals surface area (Å²) in [4.78, 5) is 38.7. The molecule has 19 heavy (non-hydrogen) atoms. The second-order valence-corrected chi connectivity index (χ2v) is 3.81. The van der Waals surface area contributed by atoms with Crippen LogP contribution in [0.1, 0.15) is 6.42 Å². The minimum atomic E-state index is -1.19. The predicted octanol–water partition coefficient (Wildman–Crippen LogP) is -1.02. The van der Waals surface area contributed by atoms with E-state index < -0.39 is 30.7 Å². The molecule has 1 saturated heterocycles. The van der Waals surface area contributed by atoms with Gasteiger partial charge in [-0.1, -0.05) is 0 Å². The number of urea groups is 1. The highest BCUT2D eigenvalue weighted by Gasteiger charge is 2.26. The number of carbonyl (C=O) groups excluding carboxylic acids is 2. The Kier molecular flexibility index (Phi) is 6.03. The number of amides is 2. The van der Waals surface area contributed by atoms with Crippen LogP contribution in [0.3, 0.4) is 0 Å². The largest absolute Gasteiger partial charge is 0.479 e. The Labute approximate surface area is 109 Å². The number of esters is 1. The van der Waals surface area contributed by atoms with Gasteiger partial charge >= 0.3 is 18.0 Å². The van der Waals surface area contributed by atoms with Crippen LogP contribution in [0.5, 0.6) is 0 Å². The Bertz CT molecular complexity index is 347. The Morgan fingerprint density at radius 3 is 2.84 bits per heavy atom. The van der Waals surface area contributed by atoms with Crippen molar-refractivity contribution in [2.45, 2.75) is 12.5 Å². The zero-order valence-corrected chi connectivity index (χ0v) is 10.5. The normalized spacial score (nSPS) is 18.8. The van der Waals surface area contributed by atoms with Crippen LogP contribution in [0.2, 0.25) is 0 Å². The molecule has 1 aliphatic rings. The van der Waals surface area contributed by atoms with E-state index in [1.54, 1.807) is 0 Å². The molecule has 0 radical (unpaired) electrons. The molecule has 1 rings (SSSR count). The van der Waals surface area contributed by atoms with Crippen LogP contribution in [-0.4, -0.2) is 67.5 Å². The van der Waals surface area contributed by atoms with Crippen LogP contribution >= 0.6 is 0 Å². The molecule has 1 aliphatic heterocycles. The third-order valence-corrected chi connectivity index (χ3v) is 2.40. The summed E-state index contributed by atoms with van der Waals surface area (Å²) in [5.41, 5.74) is 2.01. The standard InChI is InChI=1S/C10H16N2O7/c1-17-9(15)4-7-5-12(2-3-18-7)10(16)11-19-6-8(13)14/h7H,2-6H2,1H3,(H,11,16)(H,13,14). The van der Waals surface area contributed by atoms with E-state index in [4.69, 9.17) is 9.84 Å². The van der Waals surface area contributed by atoms with Gasteiger partial charge in [-0.2, -0.15) is 0 Å². The van der Waals surface area contributed by atoms with E-state index in [0.29, 0.717) is 6.54 Å². The molecule has 1 atom stereocenters. The first-order valence-electron chi connectivity index (χ1n) is 5.60. The Hall–Kier alpha value is -1.87. The van der Waals surface area contributed by atoms with Crippen LogP contribution in [0.4, 0.5) is 4.79 Å². The van der Waals surface area contributed by atoms with Gasteiger partial charge in [0, 0.05) is 13.1 Å². The minimum Gasteiger partial charge on any atom is -0.479 e. The molecule has 9 nitrogen and oxygen atoms in total. The maximum atomic E-state index is 11.6. The van der Waals surface area contributed by atoms with Crippen molar-refractivity contribution in [2.75, 3.05) is 33.4 Å². The number of hydrogen-bond donors (Lipinski definition) is 2. The Morgan fingerprint density at radius 1 is 1.47 bits per heavy atom. The molecule has 9 heteroatoms. The van der Waals surface area contributed by atoms with E-state index in [2.05, 4.69) is 9.57 Å². The molecular weight excluding hydrogens is 260 g/mol. The lowest BCUT2D eigenvalue weighted by Crippen LogP contribution is -2.50. The quantitative estimate of drug-likeness (QED) is 0.487. The summed E-state index contributed by atoms with van der Waals surface area (Å²) in [7, 11) is 1.27. The van der Waals surface area contributed by atoms with Gasteiger partial charge in [0.1, 0.15) is 0 Å². The predicted molar refractivity (Wildman–Crippen MR) is 60.1 cm³/mol. The number of rotatable bonds is 5. The van der Waals surface area contributed by atoms with Crippen molar-refractivity contribution in [2.24, 2.45) is 0 Å². The van der Waals surface area contributed by atoms with Crippen LogP contribution in [0.25, 0.3) is 0 Å². The molecule has 0 aromatic heterocycles. The molecule has 0 aromatic carbocycles. The van der Waals surface area contributed by atoms with Crippen molar-refractivity contribution < 1.29 is 33.8 Å². The first-order chi connectivity index (χ1) is 9.02. The number of carboxylic acid groups (broad SMARTS) is 1. The number of nitrogens with one attached hydrogen (secondary N) is 1. The fourth-order valence-electron chi connectivity index (χ4n) is 1.52. The van der Waals surface area contributed by atoms with Crippen LogP contribution in [0.15, 0.2) is 0 Å². The maximum Gasteiger partial charge on any atom is 0.341 e. The summed E-state index contributed by atoms with van der Waals surface area (Å²) in [6.07, 6.45) is -0.387. The van der Waals surface area contributed by atoms with Crippen molar-refractivity contribution in [3.63, 3.8) is 0 Å². The summed E-state index contributed by atoms with van der Waals surface area (Å²) < 4.78 is 9.83. The smallest absolute Gasteiger partial charge is 0.341 e. The molecule has 0 bridgehead atoms. The maximum absolute atomic E-state index is 11.6. The van der Waals surface area contributed by atoms with Gasteiger partial charge in [0.15, 0.2) is 6.61 Å². The summed E-state index contributed by atoms with van der Waals surface area (Å²) in [6.45, 7) is 0.201. The van der Waals surface area contributed by atoms with Crippen molar-refractivity contribution in [1.82, 2.24) is 10.4 Å². The highest BCUT2D eigenvalue weighted by atomic mass is 16.7. The van der Waals surface area contributed by atoms with E-state index in [-0.39, 0.29) is 19.6 Å². The highest BCUT2D eigenvalue weighted by molar-refractivity contribution is 5.74. The molecule has 0 saturated carbocycles. The molecule has 108 valence electrons. The van der Waals surface area contributed by atoms with Crippen LogP contribution < -0.4 is 5.48 Å². The third-order valence-electron chi connectivity index (χ3n) is 2.40. The van der Waals surface area contributed by atoms with Crippen molar-refractivity contribution in [1.29, 1.82) is 0 Å². The highest BCUT2D eigenvalue weighted by Crippen LogP contribution is 2.09. The van der Waals surface area contributed by atoms with E-state index in [0.717, 1.165) is 0 Å². The van der Waals surface area contributed by atoms with E-state index >= 15 is 0 Å². The van der Waals surface area contributed by atoms with Gasteiger partial charge in [0.05, 0.1) is 26.2 Å². The van der Waals surface area contributed by atoms with E-state index in [1.807, 2.05) is 5.48 Å². The first kappa shape index (κ1) is 15.2. The van der Waals surface area contributed by atoms with Crippen LogP contribution in [0, 0.1) is 0 Å². The average molecular weight is 276 g/mol. The van der Waals surface area contributed by atoms with Gasteiger partial charge in [0.25, 0.3) is 0 Å². The topological polar surface area (TPSA) is 114 Å². The van der Waals surface area contributed by atoms with Gasteiger partial charge in [-0.05, 0) is 0 Å². The van der Waals surface area contributed by atoms with Crippen molar-refractivity contribution in [3.8, 4) is 0 Å². The number of nitrogens with zero attached hydrogens (tertiary/aromatic N) is 1. The summed E-state index contributed by atoms with van der Waals surface area (Å²) in [6, 6.07) is -0.570. The van der Waals surface area contributed by atoms with Gasteiger partial charge in [-0.25, -0.2) is 15.1 Å². The second-order valence-electron chi connectivity index (χ2n) is 3.81. The molecule has 2 amide bonds. The Morgan fingerprint density at radius 2 is 2.21 bits per heavy atom. The molecule has 0 aliphatic carbocycles. The number of ether oxygens (including phenoxy) is 2. The zero-order chi connectivity index (χ0) is 14.3. The number of aliphatic carboxylic acids is 1. The number of methoxy groups -OCH3 is 1. The fourth-order valence-corrected chi connectivity index (χ4v) is 1.52. The number of carbonyl (C=O) groups is 3. The Balaban J connectivity index is 2.34. The number of carboxylic acids is 1. The molecule has 1 heterocycles. The monoisotopic (exact) mass is 276 g/mol. The van der Waals surface area contributed by atoms with Gasteiger partial charge in [-0.3, -0.25) is 9.63 Å². The van der Waals surface area contributed by atoms with E-state index in [1.165, 1.54) is 12.0 Å². The lowest BCUT2D eigenvalue weighted by molar-refractivity contribution is -0.146. The van der Waals surface area contributed by atoms with E-state index in [9.17, 15) is 14.4 Å². The lowest BCUT2D eigenvalue weighted by atomic mass is 10.2. The van der Waals surface area contributed by atoms with Gasteiger partial charge in [-0.15, -0.1) is 0 Å². The zero-order valence-electron chi connectivity index (χ0n) is 10.5. The molecular formula is C10H16N2O7. The summed E-state index contributed by atoms with van der Waals surface area (Å²) in [5, 5.41) is 8.34.